The quantitative estimate of drug-likeness (QED) is 0.638. The molecule has 1 aliphatic carbocycles. The van der Waals surface area contributed by atoms with Crippen LogP contribution in [0.4, 0.5) is 0 Å². The number of piperidine rings is 1. The van der Waals surface area contributed by atoms with Gasteiger partial charge in [0.2, 0.25) is 0 Å². The van der Waals surface area contributed by atoms with E-state index in [1.165, 1.54) is 38.8 Å². The van der Waals surface area contributed by atoms with Crippen molar-refractivity contribution in [2.24, 2.45) is 5.92 Å². The van der Waals surface area contributed by atoms with Gasteiger partial charge in [0.25, 0.3) is 0 Å². The molecule has 2 fully saturated rings. The zero-order chi connectivity index (χ0) is 12.1. The fraction of sp³-hybridized carbons (Fsp3) is 1.00. The highest BCUT2D eigenvalue weighted by Gasteiger charge is 2.22. The molecule has 0 bridgehead atoms. The van der Waals surface area contributed by atoms with E-state index in [1.807, 2.05) is 0 Å². The second-order valence-electron chi connectivity index (χ2n) is 5.74. The first-order chi connectivity index (χ1) is 8.24. The molecule has 0 atom stereocenters. The molecule has 1 heterocycles. The van der Waals surface area contributed by atoms with E-state index in [9.17, 15) is 0 Å². The van der Waals surface area contributed by atoms with Crippen LogP contribution < -0.4 is 0 Å². The summed E-state index contributed by atoms with van der Waals surface area (Å²) < 4.78 is 11.5. The maximum Gasteiger partial charge on any atom is 0.0603 e. The first-order valence-electron chi connectivity index (χ1n) is 7.19. The predicted octanol–water partition coefficient (Wildman–Crippen LogP) is 2.30. The van der Waals surface area contributed by atoms with E-state index in [-0.39, 0.29) is 0 Å². The minimum atomic E-state index is 0.369. The van der Waals surface area contributed by atoms with E-state index in [2.05, 4.69) is 18.7 Å². The van der Waals surface area contributed by atoms with E-state index in [0.29, 0.717) is 12.2 Å². The second-order valence-corrected chi connectivity index (χ2v) is 5.74. The summed E-state index contributed by atoms with van der Waals surface area (Å²) >= 11 is 0. The number of rotatable bonds is 7. The summed E-state index contributed by atoms with van der Waals surface area (Å²) in [5.74, 6) is 0.889. The number of likely N-dealkylation sites (tertiary alicyclic amines) is 1. The highest BCUT2D eigenvalue weighted by Crippen LogP contribution is 2.28. The van der Waals surface area contributed by atoms with Crippen LogP contribution in [0.25, 0.3) is 0 Å². The van der Waals surface area contributed by atoms with Crippen LogP contribution >= 0.6 is 0 Å². The van der Waals surface area contributed by atoms with Gasteiger partial charge in [-0.05, 0) is 45.4 Å². The monoisotopic (exact) mass is 241 g/mol. The molecular formula is C14H27NO2. The minimum Gasteiger partial charge on any atom is -0.380 e. The van der Waals surface area contributed by atoms with Gasteiger partial charge >= 0.3 is 0 Å². The largest absolute Gasteiger partial charge is 0.380 e. The fourth-order valence-corrected chi connectivity index (χ4v) is 2.38. The zero-order valence-electron chi connectivity index (χ0n) is 11.4. The Morgan fingerprint density at radius 2 is 1.82 bits per heavy atom. The third-order valence-corrected chi connectivity index (χ3v) is 3.60. The summed E-state index contributed by atoms with van der Waals surface area (Å²) in [5.41, 5.74) is 0. The van der Waals surface area contributed by atoms with Crippen molar-refractivity contribution in [3.63, 3.8) is 0 Å². The molecular weight excluding hydrogens is 214 g/mol. The Morgan fingerprint density at radius 3 is 2.41 bits per heavy atom. The van der Waals surface area contributed by atoms with Gasteiger partial charge in [0.15, 0.2) is 0 Å². The van der Waals surface area contributed by atoms with Crippen molar-refractivity contribution in [3.05, 3.63) is 0 Å². The summed E-state index contributed by atoms with van der Waals surface area (Å²) in [6.07, 6.45) is 5.99. The van der Waals surface area contributed by atoms with E-state index >= 15 is 0 Å². The topological polar surface area (TPSA) is 21.7 Å². The van der Waals surface area contributed by atoms with Crippen molar-refractivity contribution in [1.29, 1.82) is 0 Å². The molecule has 0 aromatic heterocycles. The maximum absolute atomic E-state index is 5.85. The van der Waals surface area contributed by atoms with Crippen molar-refractivity contribution in [2.75, 3.05) is 32.8 Å². The summed E-state index contributed by atoms with van der Waals surface area (Å²) in [4.78, 5) is 2.51. The Kier molecular flexibility index (Phi) is 5.26. The highest BCUT2D eigenvalue weighted by molar-refractivity contribution is 4.74. The summed E-state index contributed by atoms with van der Waals surface area (Å²) in [5, 5.41) is 0. The van der Waals surface area contributed by atoms with Gasteiger partial charge in [-0.3, -0.25) is 0 Å². The number of hydrogen-bond acceptors (Lipinski definition) is 3. The molecule has 17 heavy (non-hydrogen) atoms. The van der Waals surface area contributed by atoms with Crippen LogP contribution in [0.3, 0.4) is 0 Å². The second kappa shape index (κ2) is 6.72. The lowest BCUT2D eigenvalue weighted by molar-refractivity contribution is -0.0303. The molecule has 3 heteroatoms. The molecule has 0 unspecified atom stereocenters. The van der Waals surface area contributed by atoms with E-state index in [0.717, 1.165) is 25.7 Å². The molecule has 0 N–H and O–H groups in total. The SMILES string of the molecule is CC(C)OC1CCN(CCOCC2CC2)CC1. The lowest BCUT2D eigenvalue weighted by atomic mass is 10.1. The Labute approximate surface area is 105 Å². The fourth-order valence-electron chi connectivity index (χ4n) is 2.38. The lowest BCUT2D eigenvalue weighted by Crippen LogP contribution is -2.39. The molecule has 2 aliphatic rings. The van der Waals surface area contributed by atoms with Crippen molar-refractivity contribution in [3.8, 4) is 0 Å². The van der Waals surface area contributed by atoms with Crippen LogP contribution in [0.2, 0.25) is 0 Å². The molecule has 3 nitrogen and oxygen atoms in total. The first-order valence-corrected chi connectivity index (χ1v) is 7.19. The standard InChI is InChI=1S/C14H27NO2/c1-12(2)17-14-5-7-15(8-6-14)9-10-16-11-13-3-4-13/h12-14H,3-11H2,1-2H3. The van der Waals surface area contributed by atoms with E-state index in [1.54, 1.807) is 0 Å². The zero-order valence-corrected chi connectivity index (χ0v) is 11.4. The molecule has 0 aromatic rings. The van der Waals surface area contributed by atoms with Gasteiger partial charge in [-0.15, -0.1) is 0 Å². The van der Waals surface area contributed by atoms with Crippen LogP contribution in [0, 0.1) is 5.92 Å². The molecule has 1 saturated heterocycles. The van der Waals surface area contributed by atoms with Crippen LogP contribution in [0.1, 0.15) is 39.5 Å². The predicted molar refractivity (Wildman–Crippen MR) is 69.2 cm³/mol. The molecule has 1 aliphatic heterocycles. The van der Waals surface area contributed by atoms with Crippen LogP contribution in [0.5, 0.6) is 0 Å². The van der Waals surface area contributed by atoms with Gasteiger partial charge in [0, 0.05) is 26.2 Å². The summed E-state index contributed by atoms with van der Waals surface area (Å²) in [7, 11) is 0. The number of ether oxygens (including phenoxy) is 2. The Morgan fingerprint density at radius 1 is 1.12 bits per heavy atom. The van der Waals surface area contributed by atoms with Gasteiger partial charge in [-0.2, -0.15) is 0 Å². The average Bonchev–Trinajstić information content (AvgIpc) is 3.10. The third-order valence-electron chi connectivity index (χ3n) is 3.60. The molecule has 2 rings (SSSR count). The molecule has 100 valence electrons. The van der Waals surface area contributed by atoms with Crippen LogP contribution in [-0.2, 0) is 9.47 Å². The Bertz CT molecular complexity index is 206. The Hall–Kier alpha value is -0.120. The number of nitrogens with zero attached hydrogens (tertiary/aromatic N) is 1. The highest BCUT2D eigenvalue weighted by atomic mass is 16.5. The Balaban J connectivity index is 1.49. The van der Waals surface area contributed by atoms with Crippen LogP contribution in [0.15, 0.2) is 0 Å². The van der Waals surface area contributed by atoms with Crippen molar-refractivity contribution in [1.82, 2.24) is 4.90 Å². The molecule has 0 amide bonds. The molecule has 0 spiro atoms. The van der Waals surface area contributed by atoms with Crippen LogP contribution in [-0.4, -0.2) is 50.0 Å². The van der Waals surface area contributed by atoms with Gasteiger partial charge in [-0.25, -0.2) is 0 Å². The van der Waals surface area contributed by atoms with E-state index in [4.69, 9.17) is 9.47 Å². The molecule has 1 saturated carbocycles. The third kappa shape index (κ3) is 5.36. The lowest BCUT2D eigenvalue weighted by Gasteiger charge is -2.32. The van der Waals surface area contributed by atoms with Crippen molar-refractivity contribution >= 4 is 0 Å². The first kappa shape index (κ1) is 13.3. The van der Waals surface area contributed by atoms with Gasteiger partial charge in [-0.1, -0.05) is 0 Å². The number of hydrogen-bond donors (Lipinski definition) is 0. The van der Waals surface area contributed by atoms with Crippen molar-refractivity contribution < 1.29 is 9.47 Å². The maximum atomic E-state index is 5.85. The molecule has 0 radical (unpaired) electrons. The van der Waals surface area contributed by atoms with Crippen molar-refractivity contribution in [2.45, 2.75) is 51.7 Å². The van der Waals surface area contributed by atoms with Gasteiger partial charge in [0.1, 0.15) is 0 Å². The summed E-state index contributed by atoms with van der Waals surface area (Å²) in [6, 6.07) is 0. The van der Waals surface area contributed by atoms with Gasteiger partial charge < -0.3 is 14.4 Å². The smallest absolute Gasteiger partial charge is 0.0603 e. The summed E-state index contributed by atoms with van der Waals surface area (Å²) in [6.45, 7) is 9.59. The molecule has 0 aromatic carbocycles. The normalized spacial score (nSPS) is 23.5. The van der Waals surface area contributed by atoms with Gasteiger partial charge in [0.05, 0.1) is 18.8 Å². The van der Waals surface area contributed by atoms with E-state index < -0.39 is 0 Å². The average molecular weight is 241 g/mol. The minimum absolute atomic E-state index is 0.369.